The van der Waals surface area contributed by atoms with Crippen LogP contribution in [0.5, 0.6) is 0 Å². The minimum Gasteiger partial charge on any atom is -0.308 e. The Kier molecular flexibility index (Phi) is 3.73. The van der Waals surface area contributed by atoms with Crippen LogP contribution in [0.3, 0.4) is 0 Å². The molecule has 2 unspecified atom stereocenters. The van der Waals surface area contributed by atoms with Gasteiger partial charge in [0.1, 0.15) is 0 Å². The fourth-order valence-corrected chi connectivity index (χ4v) is 3.09. The van der Waals surface area contributed by atoms with Gasteiger partial charge in [0, 0.05) is 53.2 Å². The van der Waals surface area contributed by atoms with E-state index in [9.17, 15) is 4.21 Å². The van der Waals surface area contributed by atoms with Crippen LogP contribution in [-0.4, -0.2) is 31.6 Å². The standard InChI is InChI=1S/C10H15N3OS2/c1-8(7-16(2)14)11-5-9-6-13-3-4-15-10(13)12-9/h3-4,6,8,11H,5,7H2,1-2H3. The van der Waals surface area contributed by atoms with Crippen LogP contribution in [0.15, 0.2) is 17.8 Å². The van der Waals surface area contributed by atoms with Crippen molar-refractivity contribution in [1.29, 1.82) is 0 Å². The summed E-state index contributed by atoms with van der Waals surface area (Å²) in [5, 5.41) is 5.33. The molecule has 16 heavy (non-hydrogen) atoms. The minimum absolute atomic E-state index is 0.255. The van der Waals surface area contributed by atoms with Gasteiger partial charge in [-0.25, -0.2) is 4.98 Å². The van der Waals surface area contributed by atoms with Crippen LogP contribution in [0.1, 0.15) is 12.6 Å². The van der Waals surface area contributed by atoms with Crippen molar-refractivity contribution in [1.82, 2.24) is 14.7 Å². The largest absolute Gasteiger partial charge is 0.308 e. The van der Waals surface area contributed by atoms with E-state index in [1.165, 1.54) is 0 Å². The highest BCUT2D eigenvalue weighted by Crippen LogP contribution is 2.11. The normalized spacial score (nSPS) is 15.4. The van der Waals surface area contributed by atoms with Crippen molar-refractivity contribution in [2.45, 2.75) is 19.5 Å². The van der Waals surface area contributed by atoms with Crippen molar-refractivity contribution in [3.63, 3.8) is 0 Å². The van der Waals surface area contributed by atoms with Gasteiger partial charge in [-0.1, -0.05) is 0 Å². The molecule has 2 aromatic heterocycles. The second kappa shape index (κ2) is 5.07. The molecule has 2 aromatic rings. The van der Waals surface area contributed by atoms with Gasteiger partial charge in [-0.05, 0) is 6.92 Å². The van der Waals surface area contributed by atoms with Gasteiger partial charge in [0.15, 0.2) is 4.96 Å². The monoisotopic (exact) mass is 257 g/mol. The molecule has 0 saturated carbocycles. The van der Waals surface area contributed by atoms with E-state index in [0.29, 0.717) is 5.75 Å². The van der Waals surface area contributed by atoms with Crippen LogP contribution >= 0.6 is 11.3 Å². The molecule has 2 rings (SSSR count). The molecular weight excluding hydrogens is 242 g/mol. The number of nitrogens with zero attached hydrogens (tertiary/aromatic N) is 2. The molecule has 0 amide bonds. The van der Waals surface area contributed by atoms with Gasteiger partial charge in [0.25, 0.3) is 0 Å². The Morgan fingerprint density at radius 2 is 2.50 bits per heavy atom. The molecule has 2 atom stereocenters. The van der Waals surface area contributed by atoms with E-state index >= 15 is 0 Å². The Hall–Kier alpha value is -0.720. The highest BCUT2D eigenvalue weighted by Gasteiger charge is 2.06. The Bertz CT molecular complexity index is 462. The van der Waals surface area contributed by atoms with E-state index in [4.69, 9.17) is 0 Å². The van der Waals surface area contributed by atoms with Gasteiger partial charge in [0.05, 0.1) is 5.69 Å². The fourth-order valence-electron chi connectivity index (χ4n) is 1.55. The van der Waals surface area contributed by atoms with E-state index in [-0.39, 0.29) is 6.04 Å². The van der Waals surface area contributed by atoms with E-state index in [1.807, 2.05) is 29.1 Å². The molecular formula is C10H15N3OS2. The second-order valence-electron chi connectivity index (χ2n) is 3.85. The molecule has 0 aromatic carbocycles. The minimum atomic E-state index is -0.747. The van der Waals surface area contributed by atoms with Crippen molar-refractivity contribution in [2.24, 2.45) is 0 Å². The van der Waals surface area contributed by atoms with Crippen molar-refractivity contribution in [3.05, 3.63) is 23.5 Å². The fraction of sp³-hybridized carbons (Fsp3) is 0.500. The summed E-state index contributed by atoms with van der Waals surface area (Å²) in [6.07, 6.45) is 5.75. The number of hydrogen-bond donors (Lipinski definition) is 1. The summed E-state index contributed by atoms with van der Waals surface area (Å²) in [5.41, 5.74) is 1.03. The Morgan fingerprint density at radius 3 is 3.19 bits per heavy atom. The molecule has 0 saturated heterocycles. The number of rotatable bonds is 5. The van der Waals surface area contributed by atoms with Crippen LogP contribution in [0, 0.1) is 0 Å². The van der Waals surface area contributed by atoms with Gasteiger partial charge < -0.3 is 5.32 Å². The highest BCUT2D eigenvalue weighted by atomic mass is 32.2. The summed E-state index contributed by atoms with van der Waals surface area (Å²) in [7, 11) is -0.747. The first-order valence-corrected chi connectivity index (χ1v) is 7.70. The second-order valence-corrected chi connectivity index (χ2v) is 6.20. The van der Waals surface area contributed by atoms with Crippen LogP contribution in [-0.2, 0) is 17.3 Å². The molecule has 88 valence electrons. The first-order valence-electron chi connectivity index (χ1n) is 5.09. The van der Waals surface area contributed by atoms with Crippen molar-refractivity contribution < 1.29 is 4.21 Å². The number of nitrogens with one attached hydrogen (secondary N) is 1. The van der Waals surface area contributed by atoms with Gasteiger partial charge in [-0.3, -0.25) is 8.61 Å². The summed E-state index contributed by atoms with van der Waals surface area (Å²) in [6, 6.07) is 0.255. The van der Waals surface area contributed by atoms with Gasteiger partial charge >= 0.3 is 0 Å². The predicted octanol–water partition coefficient (Wildman–Crippen LogP) is 1.25. The SMILES string of the molecule is CC(CS(C)=O)NCc1cn2ccsc2n1. The van der Waals surface area contributed by atoms with Crippen LogP contribution in [0.2, 0.25) is 0 Å². The molecule has 0 radical (unpaired) electrons. The Morgan fingerprint density at radius 1 is 1.69 bits per heavy atom. The number of thiazole rings is 1. The topological polar surface area (TPSA) is 46.4 Å². The first-order chi connectivity index (χ1) is 7.65. The van der Waals surface area contributed by atoms with E-state index < -0.39 is 10.8 Å². The zero-order valence-corrected chi connectivity index (χ0v) is 11.0. The molecule has 0 bridgehead atoms. The molecule has 0 aliphatic rings. The lowest BCUT2D eigenvalue weighted by molar-refractivity contribution is 0.582. The average molecular weight is 257 g/mol. The number of hydrogen-bond acceptors (Lipinski definition) is 4. The third-order valence-corrected chi connectivity index (χ3v) is 4.00. The van der Waals surface area contributed by atoms with E-state index in [1.54, 1.807) is 17.6 Å². The lowest BCUT2D eigenvalue weighted by Crippen LogP contribution is -2.30. The number of imidazole rings is 1. The van der Waals surface area contributed by atoms with E-state index in [2.05, 4.69) is 10.3 Å². The summed E-state index contributed by atoms with van der Waals surface area (Å²) in [6.45, 7) is 2.77. The van der Waals surface area contributed by atoms with Crippen molar-refractivity contribution >= 4 is 27.1 Å². The van der Waals surface area contributed by atoms with Gasteiger partial charge in [0.2, 0.25) is 0 Å². The number of aromatic nitrogens is 2. The Labute approximate surface area is 101 Å². The molecule has 2 heterocycles. The maximum atomic E-state index is 11.0. The average Bonchev–Trinajstić information content (AvgIpc) is 2.72. The summed E-state index contributed by atoms with van der Waals surface area (Å²) >= 11 is 1.63. The van der Waals surface area contributed by atoms with Crippen LogP contribution in [0.25, 0.3) is 4.96 Å². The predicted molar refractivity (Wildman–Crippen MR) is 68.3 cm³/mol. The highest BCUT2D eigenvalue weighted by molar-refractivity contribution is 7.84. The molecule has 6 heteroatoms. The van der Waals surface area contributed by atoms with Gasteiger partial charge in [-0.15, -0.1) is 11.3 Å². The quantitative estimate of drug-likeness (QED) is 0.877. The first kappa shape index (κ1) is 11.8. The van der Waals surface area contributed by atoms with Crippen LogP contribution < -0.4 is 5.32 Å². The lowest BCUT2D eigenvalue weighted by atomic mass is 10.3. The van der Waals surface area contributed by atoms with Crippen molar-refractivity contribution in [2.75, 3.05) is 12.0 Å². The number of fused-ring (bicyclic) bond motifs is 1. The molecule has 0 aliphatic heterocycles. The summed E-state index contributed by atoms with van der Waals surface area (Å²) in [4.78, 5) is 5.48. The molecule has 4 nitrogen and oxygen atoms in total. The summed E-state index contributed by atoms with van der Waals surface area (Å²) < 4.78 is 13.0. The molecule has 0 fully saturated rings. The molecule has 0 aliphatic carbocycles. The zero-order chi connectivity index (χ0) is 11.5. The smallest absolute Gasteiger partial charge is 0.193 e. The maximum Gasteiger partial charge on any atom is 0.193 e. The molecule has 0 spiro atoms. The third kappa shape index (κ3) is 2.90. The van der Waals surface area contributed by atoms with Crippen molar-refractivity contribution in [3.8, 4) is 0 Å². The zero-order valence-electron chi connectivity index (χ0n) is 9.34. The van der Waals surface area contributed by atoms with E-state index in [0.717, 1.165) is 17.2 Å². The Balaban J connectivity index is 1.90. The van der Waals surface area contributed by atoms with Crippen LogP contribution in [0.4, 0.5) is 0 Å². The molecule has 1 N–H and O–H groups in total. The third-order valence-electron chi connectivity index (χ3n) is 2.26. The van der Waals surface area contributed by atoms with Gasteiger partial charge in [-0.2, -0.15) is 0 Å². The summed E-state index contributed by atoms with van der Waals surface area (Å²) in [5.74, 6) is 0.683. The lowest BCUT2D eigenvalue weighted by Gasteiger charge is -2.10. The maximum absolute atomic E-state index is 11.0.